The van der Waals surface area contributed by atoms with Gasteiger partial charge in [0.25, 0.3) is 0 Å². The summed E-state index contributed by atoms with van der Waals surface area (Å²) in [5, 5.41) is 3.37. The number of nitrogens with zero attached hydrogens (tertiary/aromatic N) is 3. The Hall–Kier alpha value is -1.36. The maximum absolute atomic E-state index is 5.68. The third-order valence-electron chi connectivity index (χ3n) is 3.45. The van der Waals surface area contributed by atoms with E-state index in [1.54, 1.807) is 12.3 Å². The molecule has 0 aliphatic carbocycles. The Morgan fingerprint density at radius 3 is 2.75 bits per heavy atom. The second-order valence-electron chi connectivity index (χ2n) is 4.59. The molecule has 1 aromatic heterocycles. The fourth-order valence-corrected chi connectivity index (χ4v) is 2.07. The summed E-state index contributed by atoms with van der Waals surface area (Å²) in [6.07, 6.45) is 3.90. The van der Waals surface area contributed by atoms with E-state index in [1.807, 2.05) is 7.05 Å². The Morgan fingerprint density at radius 2 is 2.12 bits per heavy atom. The van der Waals surface area contributed by atoms with E-state index in [1.165, 1.54) is 0 Å². The predicted octanol–water partition coefficient (Wildman–Crippen LogP) is 0.637. The van der Waals surface area contributed by atoms with Crippen molar-refractivity contribution in [2.45, 2.75) is 25.3 Å². The molecular formula is C11H19N5. The summed E-state index contributed by atoms with van der Waals surface area (Å²) in [6.45, 7) is 4.34. The van der Waals surface area contributed by atoms with Crippen molar-refractivity contribution in [1.82, 2.24) is 15.3 Å². The van der Waals surface area contributed by atoms with E-state index >= 15 is 0 Å². The minimum atomic E-state index is 0.124. The minimum absolute atomic E-state index is 0.124. The van der Waals surface area contributed by atoms with Gasteiger partial charge >= 0.3 is 0 Å². The molecule has 0 unspecified atom stereocenters. The van der Waals surface area contributed by atoms with Gasteiger partial charge in [0.05, 0.1) is 0 Å². The molecule has 1 aromatic rings. The van der Waals surface area contributed by atoms with E-state index in [4.69, 9.17) is 5.73 Å². The lowest BCUT2D eigenvalue weighted by atomic mass is 9.89. The molecule has 1 aliphatic heterocycles. The standard InChI is InChI=1S/C11H19N5/c1-11(4-7-13-8-5-11)16(2)10-14-6-3-9(12)15-10/h3,6,13H,4-5,7-8H2,1-2H3,(H2,12,14,15). The molecule has 1 fully saturated rings. The minimum Gasteiger partial charge on any atom is -0.384 e. The molecule has 5 heteroatoms. The summed E-state index contributed by atoms with van der Waals surface area (Å²) in [7, 11) is 2.04. The quantitative estimate of drug-likeness (QED) is 0.767. The smallest absolute Gasteiger partial charge is 0.227 e. The van der Waals surface area contributed by atoms with Crippen LogP contribution in [0.1, 0.15) is 19.8 Å². The van der Waals surface area contributed by atoms with Crippen molar-refractivity contribution >= 4 is 11.8 Å². The van der Waals surface area contributed by atoms with Crippen LogP contribution >= 0.6 is 0 Å². The van der Waals surface area contributed by atoms with Crippen molar-refractivity contribution in [3.05, 3.63) is 12.3 Å². The SMILES string of the molecule is CN(c1nccc(N)n1)C1(C)CCNCC1. The second kappa shape index (κ2) is 4.25. The van der Waals surface area contributed by atoms with E-state index in [9.17, 15) is 0 Å². The lowest BCUT2D eigenvalue weighted by molar-refractivity contribution is 0.320. The van der Waals surface area contributed by atoms with Crippen LogP contribution in [0.3, 0.4) is 0 Å². The number of rotatable bonds is 2. The third-order valence-corrected chi connectivity index (χ3v) is 3.45. The maximum atomic E-state index is 5.68. The second-order valence-corrected chi connectivity index (χ2v) is 4.59. The highest BCUT2D eigenvalue weighted by Gasteiger charge is 2.32. The lowest BCUT2D eigenvalue weighted by Crippen LogP contribution is -2.51. The Bertz CT molecular complexity index is 359. The van der Waals surface area contributed by atoms with E-state index in [0.29, 0.717) is 11.8 Å². The van der Waals surface area contributed by atoms with Crippen molar-refractivity contribution in [1.29, 1.82) is 0 Å². The number of nitrogens with two attached hydrogens (primary N) is 1. The molecule has 1 saturated heterocycles. The van der Waals surface area contributed by atoms with Crippen LogP contribution in [0, 0.1) is 0 Å². The normalized spacial score (nSPS) is 19.4. The van der Waals surface area contributed by atoms with Crippen LogP contribution in [-0.4, -0.2) is 35.6 Å². The molecule has 0 bridgehead atoms. The van der Waals surface area contributed by atoms with Gasteiger partial charge in [-0.1, -0.05) is 0 Å². The number of nitrogen functional groups attached to an aromatic ring is 1. The zero-order valence-electron chi connectivity index (χ0n) is 9.90. The number of hydrogen-bond acceptors (Lipinski definition) is 5. The van der Waals surface area contributed by atoms with Gasteiger partial charge in [0.2, 0.25) is 5.95 Å². The van der Waals surface area contributed by atoms with Crippen LogP contribution in [-0.2, 0) is 0 Å². The van der Waals surface area contributed by atoms with Gasteiger partial charge in [-0.3, -0.25) is 0 Å². The van der Waals surface area contributed by atoms with Gasteiger partial charge in [-0.05, 0) is 38.9 Å². The molecule has 0 spiro atoms. The first-order chi connectivity index (χ1) is 7.62. The highest BCUT2D eigenvalue weighted by molar-refractivity contribution is 5.39. The topological polar surface area (TPSA) is 67.1 Å². The molecule has 3 N–H and O–H groups in total. The molecule has 0 atom stereocenters. The Labute approximate surface area is 96.1 Å². The number of hydrogen-bond donors (Lipinski definition) is 2. The van der Waals surface area contributed by atoms with E-state index < -0.39 is 0 Å². The highest BCUT2D eigenvalue weighted by Crippen LogP contribution is 2.27. The van der Waals surface area contributed by atoms with E-state index in [-0.39, 0.29) is 5.54 Å². The molecule has 0 amide bonds. The van der Waals surface area contributed by atoms with Crippen LogP contribution in [0.5, 0.6) is 0 Å². The fourth-order valence-electron chi connectivity index (χ4n) is 2.07. The zero-order chi connectivity index (χ0) is 11.6. The first-order valence-corrected chi connectivity index (χ1v) is 5.65. The fraction of sp³-hybridized carbons (Fsp3) is 0.636. The first kappa shape index (κ1) is 11.1. The number of nitrogens with one attached hydrogen (secondary N) is 1. The molecule has 88 valence electrons. The molecule has 5 nitrogen and oxygen atoms in total. The van der Waals surface area contributed by atoms with Gasteiger partial charge in [-0.25, -0.2) is 4.98 Å². The van der Waals surface area contributed by atoms with Crippen LogP contribution < -0.4 is 16.0 Å². The van der Waals surface area contributed by atoms with Gasteiger partial charge in [0.1, 0.15) is 5.82 Å². The van der Waals surface area contributed by atoms with Crippen molar-refractivity contribution in [3.8, 4) is 0 Å². The summed E-state index contributed by atoms with van der Waals surface area (Å²) in [6, 6.07) is 1.71. The van der Waals surface area contributed by atoms with Crippen molar-refractivity contribution in [2.75, 3.05) is 30.8 Å². The maximum Gasteiger partial charge on any atom is 0.227 e. The Balaban J connectivity index is 2.20. The van der Waals surface area contributed by atoms with Crippen molar-refractivity contribution in [2.24, 2.45) is 0 Å². The monoisotopic (exact) mass is 221 g/mol. The predicted molar refractivity (Wildman–Crippen MR) is 65.4 cm³/mol. The largest absolute Gasteiger partial charge is 0.384 e. The van der Waals surface area contributed by atoms with Gasteiger partial charge in [-0.15, -0.1) is 0 Å². The molecule has 0 radical (unpaired) electrons. The number of anilines is 2. The van der Waals surface area contributed by atoms with Crippen LogP contribution in [0.25, 0.3) is 0 Å². The number of aromatic nitrogens is 2. The Kier molecular flexibility index (Phi) is 2.96. The molecule has 1 aliphatic rings. The summed E-state index contributed by atoms with van der Waals surface area (Å²) >= 11 is 0. The zero-order valence-corrected chi connectivity index (χ0v) is 9.90. The molecule has 2 rings (SSSR count). The van der Waals surface area contributed by atoms with E-state index in [0.717, 1.165) is 25.9 Å². The van der Waals surface area contributed by atoms with Gasteiger partial charge in [0, 0.05) is 18.8 Å². The van der Waals surface area contributed by atoms with Crippen LogP contribution in [0.2, 0.25) is 0 Å². The lowest BCUT2D eigenvalue weighted by Gasteiger charge is -2.42. The molecular weight excluding hydrogens is 202 g/mol. The summed E-state index contributed by atoms with van der Waals surface area (Å²) < 4.78 is 0. The highest BCUT2D eigenvalue weighted by atomic mass is 15.3. The average molecular weight is 221 g/mol. The molecule has 0 aromatic carbocycles. The summed E-state index contributed by atoms with van der Waals surface area (Å²) in [5.41, 5.74) is 5.80. The van der Waals surface area contributed by atoms with Gasteiger partial charge < -0.3 is 16.0 Å². The number of piperidine rings is 1. The van der Waals surface area contributed by atoms with E-state index in [2.05, 4.69) is 27.1 Å². The molecule has 0 saturated carbocycles. The van der Waals surface area contributed by atoms with Crippen LogP contribution in [0.4, 0.5) is 11.8 Å². The van der Waals surface area contributed by atoms with Crippen LogP contribution in [0.15, 0.2) is 12.3 Å². The van der Waals surface area contributed by atoms with Gasteiger partial charge in [0.15, 0.2) is 0 Å². The van der Waals surface area contributed by atoms with Crippen molar-refractivity contribution in [3.63, 3.8) is 0 Å². The average Bonchev–Trinajstić information content (AvgIpc) is 2.29. The molecule has 2 heterocycles. The molecule has 16 heavy (non-hydrogen) atoms. The summed E-state index contributed by atoms with van der Waals surface area (Å²) in [4.78, 5) is 10.7. The summed E-state index contributed by atoms with van der Waals surface area (Å²) in [5.74, 6) is 1.23. The third kappa shape index (κ3) is 2.09. The first-order valence-electron chi connectivity index (χ1n) is 5.65. The van der Waals surface area contributed by atoms with Gasteiger partial charge in [-0.2, -0.15) is 4.98 Å². The van der Waals surface area contributed by atoms with Crippen molar-refractivity contribution < 1.29 is 0 Å². The Morgan fingerprint density at radius 1 is 1.44 bits per heavy atom.